The smallest absolute Gasteiger partial charge is 0.241 e. The van der Waals surface area contributed by atoms with Gasteiger partial charge in [-0.15, -0.1) is 0 Å². The normalized spacial score (nSPS) is 22.6. The van der Waals surface area contributed by atoms with Crippen LogP contribution in [0.4, 0.5) is 5.69 Å². The zero-order chi connectivity index (χ0) is 12.4. The molecular formula is C15H20N2O. The minimum Gasteiger partial charge on any atom is -0.325 e. The fourth-order valence-electron chi connectivity index (χ4n) is 2.95. The van der Waals surface area contributed by atoms with Gasteiger partial charge in [-0.25, -0.2) is 0 Å². The highest BCUT2D eigenvalue weighted by Gasteiger charge is 2.20. The summed E-state index contributed by atoms with van der Waals surface area (Å²) in [5.74, 6) is 0.118. The summed E-state index contributed by atoms with van der Waals surface area (Å²) in [6, 6.07) is 6.33. The SMILES string of the molecule is O=C(Nc1ccc2c(c1)CCC2)[C@@H]1CCCCN1. The molecule has 3 heteroatoms. The monoisotopic (exact) mass is 244 g/mol. The van der Waals surface area contributed by atoms with Gasteiger partial charge in [0.05, 0.1) is 6.04 Å². The third kappa shape index (κ3) is 2.41. The van der Waals surface area contributed by atoms with Gasteiger partial charge in [0, 0.05) is 5.69 Å². The highest BCUT2D eigenvalue weighted by atomic mass is 16.2. The van der Waals surface area contributed by atoms with Crippen molar-refractivity contribution in [2.45, 2.75) is 44.6 Å². The molecule has 0 bridgehead atoms. The molecule has 1 heterocycles. The van der Waals surface area contributed by atoms with E-state index in [1.807, 2.05) is 6.07 Å². The van der Waals surface area contributed by atoms with Crippen LogP contribution in [0.1, 0.15) is 36.8 Å². The molecular weight excluding hydrogens is 224 g/mol. The molecule has 1 aromatic carbocycles. The Morgan fingerprint density at radius 2 is 2.06 bits per heavy atom. The standard InChI is InChI=1S/C15H20N2O/c18-15(14-6-1-2-9-16-14)17-13-8-7-11-4-3-5-12(11)10-13/h7-8,10,14,16H,1-6,9H2,(H,17,18)/t14-/m0/s1. The van der Waals surface area contributed by atoms with E-state index in [0.29, 0.717) is 0 Å². The molecule has 1 aliphatic heterocycles. The molecule has 2 N–H and O–H groups in total. The molecule has 1 aliphatic carbocycles. The summed E-state index contributed by atoms with van der Waals surface area (Å²) in [6.07, 6.45) is 6.88. The number of carbonyl (C=O) groups is 1. The minimum absolute atomic E-state index is 0.00740. The van der Waals surface area contributed by atoms with Gasteiger partial charge < -0.3 is 10.6 Å². The number of carbonyl (C=O) groups excluding carboxylic acids is 1. The lowest BCUT2D eigenvalue weighted by Crippen LogP contribution is -2.43. The van der Waals surface area contributed by atoms with Gasteiger partial charge in [0.15, 0.2) is 0 Å². The number of hydrogen-bond donors (Lipinski definition) is 2. The summed E-state index contributed by atoms with van der Waals surface area (Å²) in [6.45, 7) is 0.961. The van der Waals surface area contributed by atoms with Gasteiger partial charge in [0.25, 0.3) is 0 Å². The second-order valence-corrected chi connectivity index (χ2v) is 5.33. The van der Waals surface area contributed by atoms with E-state index in [-0.39, 0.29) is 11.9 Å². The van der Waals surface area contributed by atoms with E-state index >= 15 is 0 Å². The first-order chi connectivity index (χ1) is 8.83. The number of aryl methyl sites for hydroxylation is 2. The van der Waals surface area contributed by atoms with Crippen LogP contribution >= 0.6 is 0 Å². The maximum Gasteiger partial charge on any atom is 0.241 e. The average Bonchev–Trinajstić information content (AvgIpc) is 2.87. The van der Waals surface area contributed by atoms with Crippen LogP contribution in [0.25, 0.3) is 0 Å². The first kappa shape index (κ1) is 11.7. The average molecular weight is 244 g/mol. The molecule has 0 radical (unpaired) electrons. The number of anilines is 1. The van der Waals surface area contributed by atoms with Crippen LogP contribution in [0.2, 0.25) is 0 Å². The van der Waals surface area contributed by atoms with Gasteiger partial charge in [-0.2, -0.15) is 0 Å². The molecule has 1 atom stereocenters. The number of rotatable bonds is 2. The fraction of sp³-hybridized carbons (Fsp3) is 0.533. The quantitative estimate of drug-likeness (QED) is 0.838. The number of fused-ring (bicyclic) bond motifs is 1. The Hall–Kier alpha value is -1.35. The van der Waals surface area contributed by atoms with Crippen LogP contribution < -0.4 is 10.6 Å². The van der Waals surface area contributed by atoms with E-state index in [9.17, 15) is 4.79 Å². The molecule has 18 heavy (non-hydrogen) atoms. The van der Waals surface area contributed by atoms with Crippen LogP contribution in [-0.2, 0) is 17.6 Å². The molecule has 1 fully saturated rings. The summed E-state index contributed by atoms with van der Waals surface area (Å²) in [5.41, 5.74) is 3.81. The summed E-state index contributed by atoms with van der Waals surface area (Å²) < 4.78 is 0. The summed E-state index contributed by atoms with van der Waals surface area (Å²) >= 11 is 0. The van der Waals surface area contributed by atoms with Crippen LogP contribution in [-0.4, -0.2) is 18.5 Å². The summed E-state index contributed by atoms with van der Waals surface area (Å²) in [5, 5.41) is 6.32. The van der Waals surface area contributed by atoms with Crippen molar-refractivity contribution in [3.63, 3.8) is 0 Å². The lowest BCUT2D eigenvalue weighted by Gasteiger charge is -2.22. The Labute approximate surface area is 108 Å². The minimum atomic E-state index is -0.00740. The lowest BCUT2D eigenvalue weighted by molar-refractivity contribution is -0.118. The van der Waals surface area contributed by atoms with E-state index < -0.39 is 0 Å². The van der Waals surface area contributed by atoms with Gasteiger partial charge in [-0.3, -0.25) is 4.79 Å². The molecule has 1 saturated heterocycles. The van der Waals surface area contributed by atoms with E-state index in [1.54, 1.807) is 0 Å². The molecule has 3 rings (SSSR count). The van der Waals surface area contributed by atoms with Crippen molar-refractivity contribution in [1.29, 1.82) is 0 Å². The Morgan fingerprint density at radius 3 is 2.89 bits per heavy atom. The van der Waals surface area contributed by atoms with Crippen molar-refractivity contribution >= 4 is 11.6 Å². The molecule has 0 aromatic heterocycles. The van der Waals surface area contributed by atoms with Crippen molar-refractivity contribution < 1.29 is 4.79 Å². The maximum absolute atomic E-state index is 12.1. The van der Waals surface area contributed by atoms with E-state index in [1.165, 1.54) is 30.4 Å². The summed E-state index contributed by atoms with van der Waals surface area (Å²) in [7, 11) is 0. The highest BCUT2D eigenvalue weighted by Crippen LogP contribution is 2.25. The molecule has 1 amide bonds. The van der Waals surface area contributed by atoms with Crippen molar-refractivity contribution in [3.8, 4) is 0 Å². The maximum atomic E-state index is 12.1. The molecule has 0 spiro atoms. The first-order valence-electron chi connectivity index (χ1n) is 6.99. The van der Waals surface area contributed by atoms with Crippen molar-refractivity contribution in [1.82, 2.24) is 5.32 Å². The first-order valence-corrected chi connectivity index (χ1v) is 6.99. The van der Waals surface area contributed by atoms with Gasteiger partial charge in [0.1, 0.15) is 0 Å². The predicted octanol–water partition coefficient (Wildman–Crippen LogP) is 2.26. The molecule has 0 saturated carbocycles. The number of benzene rings is 1. The van der Waals surface area contributed by atoms with E-state index in [4.69, 9.17) is 0 Å². The van der Waals surface area contributed by atoms with Gasteiger partial charge in [-0.05, 0) is 61.9 Å². The molecule has 1 aromatic rings. The number of nitrogens with one attached hydrogen (secondary N) is 2. The zero-order valence-electron chi connectivity index (χ0n) is 10.7. The van der Waals surface area contributed by atoms with Gasteiger partial charge >= 0.3 is 0 Å². The van der Waals surface area contributed by atoms with Gasteiger partial charge in [-0.1, -0.05) is 12.5 Å². The Morgan fingerprint density at radius 1 is 1.17 bits per heavy atom. The number of piperidine rings is 1. The second-order valence-electron chi connectivity index (χ2n) is 5.33. The number of hydrogen-bond acceptors (Lipinski definition) is 2. The number of amides is 1. The predicted molar refractivity (Wildman–Crippen MR) is 72.7 cm³/mol. The Balaban J connectivity index is 1.66. The van der Waals surface area contributed by atoms with E-state index in [2.05, 4.69) is 22.8 Å². The van der Waals surface area contributed by atoms with Crippen LogP contribution in [0.3, 0.4) is 0 Å². The van der Waals surface area contributed by atoms with Crippen LogP contribution in [0.15, 0.2) is 18.2 Å². The highest BCUT2D eigenvalue weighted by molar-refractivity contribution is 5.95. The fourth-order valence-corrected chi connectivity index (χ4v) is 2.95. The topological polar surface area (TPSA) is 41.1 Å². The Bertz CT molecular complexity index is 450. The Kier molecular flexibility index (Phi) is 3.33. The van der Waals surface area contributed by atoms with E-state index in [0.717, 1.165) is 31.5 Å². The third-order valence-corrected chi connectivity index (χ3v) is 3.99. The molecule has 0 unspecified atom stereocenters. The zero-order valence-corrected chi connectivity index (χ0v) is 10.7. The largest absolute Gasteiger partial charge is 0.325 e. The lowest BCUT2D eigenvalue weighted by atomic mass is 10.0. The van der Waals surface area contributed by atoms with Crippen molar-refractivity contribution in [3.05, 3.63) is 29.3 Å². The van der Waals surface area contributed by atoms with Crippen molar-refractivity contribution in [2.75, 3.05) is 11.9 Å². The van der Waals surface area contributed by atoms with Crippen molar-refractivity contribution in [2.24, 2.45) is 0 Å². The molecule has 96 valence electrons. The van der Waals surface area contributed by atoms with Crippen LogP contribution in [0.5, 0.6) is 0 Å². The molecule has 3 nitrogen and oxygen atoms in total. The van der Waals surface area contributed by atoms with Crippen LogP contribution in [0, 0.1) is 0 Å². The van der Waals surface area contributed by atoms with Gasteiger partial charge in [0.2, 0.25) is 5.91 Å². The molecule has 2 aliphatic rings. The third-order valence-electron chi connectivity index (χ3n) is 3.99. The summed E-state index contributed by atoms with van der Waals surface area (Å²) in [4.78, 5) is 12.1. The second kappa shape index (κ2) is 5.11.